The molecule has 0 aromatic heterocycles. The van der Waals surface area contributed by atoms with E-state index in [-0.39, 0.29) is 24.7 Å². The van der Waals surface area contributed by atoms with Gasteiger partial charge >= 0.3 is 0 Å². The van der Waals surface area contributed by atoms with Crippen molar-refractivity contribution in [2.45, 2.75) is 12.8 Å². The van der Waals surface area contributed by atoms with Crippen molar-refractivity contribution in [3.63, 3.8) is 0 Å². The molecule has 0 heterocycles. The maximum Gasteiger partial charge on any atom is 0.224 e. The van der Waals surface area contributed by atoms with Gasteiger partial charge in [-0.3, -0.25) is 9.59 Å². The monoisotopic (exact) mass is 385 g/mol. The van der Waals surface area contributed by atoms with Crippen LogP contribution in [0, 0.1) is 11.3 Å². The molecule has 2 amide bonds. The number of hydrogen-bond acceptors (Lipinski definition) is 4. The van der Waals surface area contributed by atoms with Crippen molar-refractivity contribution in [1.82, 2.24) is 0 Å². The molecule has 0 atom stereocenters. The molecule has 0 saturated heterocycles. The molecule has 6 nitrogen and oxygen atoms in total. The summed E-state index contributed by atoms with van der Waals surface area (Å²) in [5, 5.41) is 14.2. The Balaban J connectivity index is 1.44. The van der Waals surface area contributed by atoms with Crippen LogP contribution in [0.2, 0.25) is 0 Å². The van der Waals surface area contributed by atoms with E-state index in [1.807, 2.05) is 36.4 Å². The second-order valence-electron chi connectivity index (χ2n) is 6.22. The van der Waals surface area contributed by atoms with E-state index in [1.54, 1.807) is 48.5 Å². The molecule has 29 heavy (non-hydrogen) atoms. The largest absolute Gasteiger partial charge is 0.457 e. The van der Waals surface area contributed by atoms with Gasteiger partial charge in [-0.25, -0.2) is 0 Å². The summed E-state index contributed by atoms with van der Waals surface area (Å²) < 4.78 is 5.70. The molecule has 0 radical (unpaired) electrons. The van der Waals surface area contributed by atoms with Crippen LogP contribution in [0.4, 0.5) is 11.4 Å². The molecule has 0 aliphatic rings. The lowest BCUT2D eigenvalue weighted by Gasteiger charge is -2.08. The SMILES string of the molecule is N#Cc1ccc(NC(=O)CCC(=O)Nc2ccc(Oc3ccccc3)cc2)cc1. The van der Waals surface area contributed by atoms with Gasteiger partial charge in [0.05, 0.1) is 11.6 Å². The fourth-order valence-corrected chi connectivity index (χ4v) is 2.53. The summed E-state index contributed by atoms with van der Waals surface area (Å²) in [6.07, 6.45) is 0.116. The Morgan fingerprint density at radius 3 is 1.72 bits per heavy atom. The van der Waals surface area contributed by atoms with Crippen LogP contribution in [0.15, 0.2) is 78.9 Å². The maximum atomic E-state index is 12.1. The van der Waals surface area contributed by atoms with E-state index in [0.29, 0.717) is 22.7 Å². The van der Waals surface area contributed by atoms with E-state index in [1.165, 1.54) is 0 Å². The van der Waals surface area contributed by atoms with Gasteiger partial charge in [0, 0.05) is 24.2 Å². The number of nitrogens with zero attached hydrogens (tertiary/aromatic N) is 1. The number of nitriles is 1. The number of ether oxygens (including phenoxy) is 1. The highest BCUT2D eigenvalue weighted by atomic mass is 16.5. The summed E-state index contributed by atoms with van der Waals surface area (Å²) in [5.41, 5.74) is 1.73. The van der Waals surface area contributed by atoms with E-state index in [0.717, 1.165) is 5.75 Å². The molecule has 0 aliphatic heterocycles. The Morgan fingerprint density at radius 2 is 1.21 bits per heavy atom. The van der Waals surface area contributed by atoms with Gasteiger partial charge in [-0.05, 0) is 60.7 Å². The van der Waals surface area contributed by atoms with Crippen LogP contribution in [0.3, 0.4) is 0 Å². The molecule has 0 fully saturated rings. The second kappa shape index (κ2) is 9.72. The third-order valence-corrected chi connectivity index (χ3v) is 3.99. The van der Waals surface area contributed by atoms with E-state index < -0.39 is 0 Å². The number of carbonyl (C=O) groups excluding carboxylic acids is 2. The Morgan fingerprint density at radius 1 is 0.724 bits per heavy atom. The molecule has 144 valence electrons. The highest BCUT2D eigenvalue weighted by Gasteiger charge is 2.08. The van der Waals surface area contributed by atoms with Gasteiger partial charge < -0.3 is 15.4 Å². The van der Waals surface area contributed by atoms with Crippen LogP contribution in [-0.4, -0.2) is 11.8 Å². The van der Waals surface area contributed by atoms with Crippen LogP contribution < -0.4 is 15.4 Å². The van der Waals surface area contributed by atoms with Gasteiger partial charge in [0.25, 0.3) is 0 Å². The average Bonchev–Trinajstić information content (AvgIpc) is 2.75. The van der Waals surface area contributed by atoms with E-state index in [2.05, 4.69) is 10.6 Å². The summed E-state index contributed by atoms with van der Waals surface area (Å²) >= 11 is 0. The van der Waals surface area contributed by atoms with Crippen LogP contribution in [0.25, 0.3) is 0 Å². The van der Waals surface area contributed by atoms with Crippen molar-refractivity contribution in [1.29, 1.82) is 5.26 Å². The number of rotatable bonds is 7. The number of amides is 2. The van der Waals surface area contributed by atoms with E-state index in [9.17, 15) is 9.59 Å². The zero-order valence-electron chi connectivity index (χ0n) is 15.6. The molecule has 0 bridgehead atoms. The van der Waals surface area contributed by atoms with Crippen molar-refractivity contribution in [3.8, 4) is 17.6 Å². The summed E-state index contributed by atoms with van der Waals surface area (Å²) in [7, 11) is 0. The molecule has 3 aromatic carbocycles. The maximum absolute atomic E-state index is 12.1. The summed E-state index contributed by atoms with van der Waals surface area (Å²) in [5.74, 6) is 0.877. The quantitative estimate of drug-likeness (QED) is 0.616. The number of nitrogens with one attached hydrogen (secondary N) is 2. The minimum absolute atomic E-state index is 0.0566. The number of hydrogen-bond donors (Lipinski definition) is 2. The zero-order chi connectivity index (χ0) is 20.5. The van der Waals surface area contributed by atoms with Crippen molar-refractivity contribution < 1.29 is 14.3 Å². The van der Waals surface area contributed by atoms with E-state index in [4.69, 9.17) is 10.00 Å². The first-order valence-electron chi connectivity index (χ1n) is 9.05. The Labute approximate surface area is 168 Å². The third kappa shape index (κ3) is 6.22. The lowest BCUT2D eigenvalue weighted by atomic mass is 10.2. The summed E-state index contributed by atoms with van der Waals surface area (Å²) in [6.45, 7) is 0. The highest BCUT2D eigenvalue weighted by Crippen LogP contribution is 2.22. The minimum atomic E-state index is -0.267. The van der Waals surface area contributed by atoms with Gasteiger partial charge in [-0.2, -0.15) is 5.26 Å². The van der Waals surface area contributed by atoms with Gasteiger partial charge in [-0.15, -0.1) is 0 Å². The van der Waals surface area contributed by atoms with Crippen LogP contribution in [-0.2, 0) is 9.59 Å². The average molecular weight is 385 g/mol. The topological polar surface area (TPSA) is 91.2 Å². The van der Waals surface area contributed by atoms with Gasteiger partial charge in [0.1, 0.15) is 11.5 Å². The second-order valence-corrected chi connectivity index (χ2v) is 6.22. The molecule has 0 saturated carbocycles. The molecule has 6 heteroatoms. The molecule has 0 spiro atoms. The predicted molar refractivity (Wildman–Crippen MR) is 111 cm³/mol. The first kappa shape index (κ1) is 19.6. The lowest BCUT2D eigenvalue weighted by Crippen LogP contribution is -2.17. The lowest BCUT2D eigenvalue weighted by molar-refractivity contribution is -0.121. The molecule has 0 unspecified atom stereocenters. The predicted octanol–water partition coefficient (Wildman–Crippen LogP) is 4.71. The first-order valence-corrected chi connectivity index (χ1v) is 9.05. The number of para-hydroxylation sites is 1. The van der Waals surface area contributed by atoms with Crippen molar-refractivity contribution in [3.05, 3.63) is 84.4 Å². The standard InChI is InChI=1S/C23H19N3O3/c24-16-17-6-8-18(9-7-17)25-22(27)14-15-23(28)26-19-10-12-21(13-11-19)29-20-4-2-1-3-5-20/h1-13H,14-15H2,(H,25,27)(H,26,28). The number of anilines is 2. The third-order valence-electron chi connectivity index (χ3n) is 3.99. The summed E-state index contributed by atoms with van der Waals surface area (Å²) in [6, 6.07) is 25.0. The van der Waals surface area contributed by atoms with Crippen molar-refractivity contribution >= 4 is 23.2 Å². The van der Waals surface area contributed by atoms with Crippen LogP contribution >= 0.6 is 0 Å². The molecular weight excluding hydrogens is 366 g/mol. The van der Waals surface area contributed by atoms with Crippen molar-refractivity contribution in [2.24, 2.45) is 0 Å². The van der Waals surface area contributed by atoms with Crippen molar-refractivity contribution in [2.75, 3.05) is 10.6 Å². The molecule has 2 N–H and O–H groups in total. The number of benzene rings is 3. The Hall–Kier alpha value is -4.11. The normalized spacial score (nSPS) is 9.90. The van der Waals surface area contributed by atoms with Crippen LogP contribution in [0.5, 0.6) is 11.5 Å². The zero-order valence-corrected chi connectivity index (χ0v) is 15.6. The first-order chi connectivity index (χ1) is 14.1. The molecule has 3 rings (SSSR count). The van der Waals surface area contributed by atoms with Gasteiger partial charge in [-0.1, -0.05) is 18.2 Å². The molecule has 3 aromatic rings. The van der Waals surface area contributed by atoms with Crippen LogP contribution in [0.1, 0.15) is 18.4 Å². The smallest absolute Gasteiger partial charge is 0.224 e. The van der Waals surface area contributed by atoms with Gasteiger partial charge in [0.2, 0.25) is 11.8 Å². The molecule has 0 aliphatic carbocycles. The fraction of sp³-hybridized carbons (Fsp3) is 0.0870. The van der Waals surface area contributed by atoms with E-state index >= 15 is 0 Å². The highest BCUT2D eigenvalue weighted by molar-refractivity contribution is 5.96. The fourth-order valence-electron chi connectivity index (χ4n) is 2.53. The Bertz CT molecular complexity index is 1010. The number of carbonyl (C=O) groups is 2. The Kier molecular flexibility index (Phi) is 6.58. The van der Waals surface area contributed by atoms with Gasteiger partial charge in [0.15, 0.2) is 0 Å². The summed E-state index contributed by atoms with van der Waals surface area (Å²) in [4.78, 5) is 24.0. The minimum Gasteiger partial charge on any atom is -0.457 e. The molecular formula is C23H19N3O3.